The molecule has 1 aliphatic carbocycles. The van der Waals surface area contributed by atoms with E-state index in [4.69, 9.17) is 0 Å². The molecular formula is C19H19FN4O. The lowest BCUT2D eigenvalue weighted by molar-refractivity contribution is 0.0953. The van der Waals surface area contributed by atoms with Gasteiger partial charge in [0.1, 0.15) is 11.6 Å². The maximum atomic E-state index is 13.6. The number of benzene rings is 1. The van der Waals surface area contributed by atoms with Gasteiger partial charge in [-0.2, -0.15) is 0 Å². The summed E-state index contributed by atoms with van der Waals surface area (Å²) in [6.45, 7) is 0.384. The van der Waals surface area contributed by atoms with Gasteiger partial charge >= 0.3 is 0 Å². The zero-order valence-corrected chi connectivity index (χ0v) is 13.8. The number of pyridine rings is 1. The van der Waals surface area contributed by atoms with Crippen LogP contribution in [0.25, 0.3) is 5.65 Å². The summed E-state index contributed by atoms with van der Waals surface area (Å²) < 4.78 is 15.5. The van der Waals surface area contributed by atoms with Gasteiger partial charge in [0.25, 0.3) is 5.91 Å². The number of nitrogens with one attached hydrogen (secondary N) is 1. The van der Waals surface area contributed by atoms with Crippen LogP contribution >= 0.6 is 0 Å². The van der Waals surface area contributed by atoms with Crippen LogP contribution in [0.15, 0.2) is 42.6 Å². The number of carbonyl (C=O) groups is 1. The van der Waals surface area contributed by atoms with Crippen LogP contribution in [0.2, 0.25) is 0 Å². The van der Waals surface area contributed by atoms with Crippen LogP contribution in [0, 0.1) is 11.7 Å². The molecule has 0 radical (unpaired) electrons. The monoisotopic (exact) mass is 338 g/mol. The zero-order valence-electron chi connectivity index (χ0n) is 13.8. The van der Waals surface area contributed by atoms with Gasteiger partial charge < -0.3 is 5.32 Å². The summed E-state index contributed by atoms with van der Waals surface area (Å²) in [5, 5.41) is 11.2. The fourth-order valence-corrected chi connectivity index (χ4v) is 2.91. The summed E-state index contributed by atoms with van der Waals surface area (Å²) in [4.78, 5) is 12.4. The van der Waals surface area contributed by atoms with Crippen LogP contribution in [0.4, 0.5) is 4.39 Å². The molecule has 2 heterocycles. The molecule has 128 valence electrons. The number of hydrogen-bond acceptors (Lipinski definition) is 3. The zero-order chi connectivity index (χ0) is 17.2. The Bertz CT molecular complexity index is 917. The highest BCUT2D eigenvalue weighted by Crippen LogP contribution is 2.32. The number of rotatable bonds is 6. The molecule has 0 saturated heterocycles. The Morgan fingerprint density at radius 1 is 1.20 bits per heavy atom. The van der Waals surface area contributed by atoms with Crippen molar-refractivity contribution in [3.05, 3.63) is 65.4 Å². The second-order valence-electron chi connectivity index (χ2n) is 6.51. The van der Waals surface area contributed by atoms with Crippen molar-refractivity contribution in [2.75, 3.05) is 6.54 Å². The molecule has 1 saturated carbocycles. The van der Waals surface area contributed by atoms with Gasteiger partial charge in [0.2, 0.25) is 0 Å². The lowest BCUT2D eigenvalue weighted by Crippen LogP contribution is -2.26. The van der Waals surface area contributed by atoms with Gasteiger partial charge in [-0.3, -0.25) is 9.20 Å². The van der Waals surface area contributed by atoms with Crippen molar-refractivity contribution in [3.8, 4) is 0 Å². The minimum absolute atomic E-state index is 0.177. The van der Waals surface area contributed by atoms with Crippen molar-refractivity contribution in [2.45, 2.75) is 25.7 Å². The van der Waals surface area contributed by atoms with Gasteiger partial charge in [-0.1, -0.05) is 18.2 Å². The molecule has 1 N–H and O–H groups in total. The number of amides is 1. The lowest BCUT2D eigenvalue weighted by atomic mass is 10.1. The van der Waals surface area contributed by atoms with E-state index in [0.717, 1.165) is 17.9 Å². The molecule has 1 aromatic carbocycles. The van der Waals surface area contributed by atoms with Crippen LogP contribution < -0.4 is 5.32 Å². The van der Waals surface area contributed by atoms with Crippen LogP contribution in [-0.4, -0.2) is 27.0 Å². The van der Waals surface area contributed by atoms with E-state index < -0.39 is 0 Å². The minimum atomic E-state index is -0.243. The third-order valence-corrected chi connectivity index (χ3v) is 4.54. The third-order valence-electron chi connectivity index (χ3n) is 4.54. The summed E-state index contributed by atoms with van der Waals surface area (Å²) >= 11 is 0. The molecule has 0 unspecified atom stereocenters. The van der Waals surface area contributed by atoms with E-state index in [-0.39, 0.29) is 11.7 Å². The molecule has 0 bridgehead atoms. The van der Waals surface area contributed by atoms with Crippen LogP contribution in [0.1, 0.15) is 34.6 Å². The molecule has 5 nitrogen and oxygen atoms in total. The fraction of sp³-hybridized carbons (Fsp3) is 0.316. The van der Waals surface area contributed by atoms with Crippen molar-refractivity contribution >= 4 is 11.6 Å². The van der Waals surface area contributed by atoms with Gasteiger partial charge in [-0.25, -0.2) is 4.39 Å². The molecule has 0 atom stereocenters. The minimum Gasteiger partial charge on any atom is -0.352 e. The van der Waals surface area contributed by atoms with E-state index >= 15 is 0 Å². The molecule has 0 aliphatic heterocycles. The molecule has 2 aromatic heterocycles. The Labute approximate surface area is 144 Å². The third kappa shape index (κ3) is 3.52. The first kappa shape index (κ1) is 15.7. The molecule has 3 aromatic rings. The van der Waals surface area contributed by atoms with Crippen LogP contribution in [0.5, 0.6) is 0 Å². The van der Waals surface area contributed by atoms with Crippen LogP contribution in [0.3, 0.4) is 0 Å². The Morgan fingerprint density at radius 3 is 2.84 bits per heavy atom. The molecule has 1 aliphatic rings. The summed E-state index contributed by atoms with van der Waals surface area (Å²) in [5.41, 5.74) is 1.90. The normalized spacial score (nSPS) is 14.0. The van der Waals surface area contributed by atoms with Gasteiger partial charge in [0.15, 0.2) is 5.65 Å². The lowest BCUT2D eigenvalue weighted by Gasteiger charge is -2.07. The average molecular weight is 338 g/mol. The quantitative estimate of drug-likeness (QED) is 0.752. The first-order valence-electron chi connectivity index (χ1n) is 8.56. The summed E-state index contributed by atoms with van der Waals surface area (Å²) in [6.07, 6.45) is 5.63. The second-order valence-corrected chi connectivity index (χ2v) is 6.51. The molecule has 0 spiro atoms. The molecule has 1 fully saturated rings. The largest absolute Gasteiger partial charge is 0.352 e. The molecule has 25 heavy (non-hydrogen) atoms. The van der Waals surface area contributed by atoms with Crippen molar-refractivity contribution < 1.29 is 9.18 Å². The Kier molecular flexibility index (Phi) is 4.17. The number of halogens is 1. The van der Waals surface area contributed by atoms with E-state index in [1.807, 2.05) is 4.40 Å². The van der Waals surface area contributed by atoms with Crippen LogP contribution in [-0.2, 0) is 12.8 Å². The predicted octanol–water partition coefficient (Wildman–Crippen LogP) is 2.79. The highest BCUT2D eigenvalue weighted by molar-refractivity contribution is 5.94. The van der Waals surface area contributed by atoms with E-state index in [2.05, 4.69) is 15.5 Å². The maximum absolute atomic E-state index is 13.6. The highest BCUT2D eigenvalue weighted by atomic mass is 19.1. The van der Waals surface area contributed by atoms with Crippen molar-refractivity contribution in [1.29, 1.82) is 0 Å². The SMILES string of the molecule is O=C(NCCc1ccccc1F)c1ccc2nnc(CC3CC3)n2c1. The van der Waals surface area contributed by atoms with E-state index in [0.29, 0.717) is 30.0 Å². The van der Waals surface area contributed by atoms with Crippen molar-refractivity contribution in [2.24, 2.45) is 5.92 Å². The smallest absolute Gasteiger partial charge is 0.252 e. The first-order valence-corrected chi connectivity index (χ1v) is 8.56. The van der Waals surface area contributed by atoms with E-state index in [1.54, 1.807) is 36.5 Å². The number of carbonyl (C=O) groups excluding carboxylic acids is 1. The number of aromatic nitrogens is 3. The number of nitrogens with zero attached hydrogens (tertiary/aromatic N) is 3. The van der Waals surface area contributed by atoms with Gasteiger partial charge in [-0.15, -0.1) is 10.2 Å². The second kappa shape index (κ2) is 6.63. The van der Waals surface area contributed by atoms with Crippen molar-refractivity contribution in [1.82, 2.24) is 19.9 Å². The highest BCUT2D eigenvalue weighted by Gasteiger charge is 2.24. The standard InChI is InChI=1S/C19H19FN4O/c20-16-4-2-1-3-14(16)9-10-21-19(25)15-7-8-17-22-23-18(24(17)12-15)11-13-5-6-13/h1-4,7-8,12-13H,5-6,9-11H2,(H,21,25). The Balaban J connectivity index is 1.43. The summed E-state index contributed by atoms with van der Waals surface area (Å²) in [6, 6.07) is 10.2. The average Bonchev–Trinajstić information content (AvgIpc) is 3.35. The molecule has 1 amide bonds. The first-order chi connectivity index (χ1) is 12.2. The van der Waals surface area contributed by atoms with Crippen molar-refractivity contribution in [3.63, 3.8) is 0 Å². The molecule has 4 rings (SSSR count). The Hall–Kier alpha value is -2.76. The number of hydrogen-bond donors (Lipinski definition) is 1. The number of fused-ring (bicyclic) bond motifs is 1. The predicted molar refractivity (Wildman–Crippen MR) is 91.9 cm³/mol. The topological polar surface area (TPSA) is 59.3 Å². The van der Waals surface area contributed by atoms with Gasteiger partial charge in [0.05, 0.1) is 5.56 Å². The summed E-state index contributed by atoms with van der Waals surface area (Å²) in [7, 11) is 0. The maximum Gasteiger partial charge on any atom is 0.252 e. The van der Waals surface area contributed by atoms with Gasteiger partial charge in [-0.05, 0) is 48.9 Å². The van der Waals surface area contributed by atoms with E-state index in [1.165, 1.54) is 18.9 Å². The Morgan fingerprint density at radius 2 is 2.04 bits per heavy atom. The van der Waals surface area contributed by atoms with Gasteiger partial charge in [0, 0.05) is 19.2 Å². The van der Waals surface area contributed by atoms with E-state index in [9.17, 15) is 9.18 Å². The molecular weight excluding hydrogens is 319 g/mol. The molecule has 6 heteroatoms. The summed E-state index contributed by atoms with van der Waals surface area (Å²) in [5.74, 6) is 1.18. The fourth-order valence-electron chi connectivity index (χ4n) is 2.91.